The number of aromatic amines is 1. The van der Waals surface area contributed by atoms with Gasteiger partial charge in [-0.3, -0.25) is 9.89 Å². The summed E-state index contributed by atoms with van der Waals surface area (Å²) in [5.74, 6) is 0.0752. The second-order valence-corrected chi connectivity index (χ2v) is 5.02. The number of carbonyl (C=O) groups excluding carboxylic acids is 1. The number of methoxy groups -OCH3 is 1. The average Bonchev–Trinajstić information content (AvgIpc) is 2.88. The molecule has 0 aliphatic rings. The van der Waals surface area contributed by atoms with E-state index < -0.39 is 5.91 Å². The van der Waals surface area contributed by atoms with Crippen molar-refractivity contribution in [1.29, 1.82) is 0 Å². The van der Waals surface area contributed by atoms with E-state index in [2.05, 4.69) is 15.6 Å². The number of nitrogens with one attached hydrogen (secondary N) is 2. The molecule has 118 valence electrons. The molecular formula is C12H14ClN5O3S. The van der Waals surface area contributed by atoms with Gasteiger partial charge in [0.25, 0.3) is 5.91 Å². The molecule has 2 aromatic rings. The molecule has 22 heavy (non-hydrogen) atoms. The van der Waals surface area contributed by atoms with Crippen LogP contribution in [0.3, 0.4) is 0 Å². The van der Waals surface area contributed by atoms with E-state index in [9.17, 15) is 4.79 Å². The van der Waals surface area contributed by atoms with Crippen LogP contribution >= 0.6 is 23.8 Å². The number of nitrogens with two attached hydrogens (primary N) is 1. The van der Waals surface area contributed by atoms with Crippen molar-refractivity contribution < 1.29 is 14.3 Å². The highest BCUT2D eigenvalue weighted by Crippen LogP contribution is 2.36. The van der Waals surface area contributed by atoms with E-state index in [1.807, 2.05) is 0 Å². The van der Waals surface area contributed by atoms with E-state index in [4.69, 9.17) is 39.0 Å². The van der Waals surface area contributed by atoms with Gasteiger partial charge in [0.1, 0.15) is 6.33 Å². The third kappa shape index (κ3) is 3.89. The lowest BCUT2D eigenvalue weighted by Crippen LogP contribution is -2.20. The number of H-pyrrole nitrogens is 1. The van der Waals surface area contributed by atoms with Crippen LogP contribution in [0.2, 0.25) is 5.02 Å². The first-order valence-electron chi connectivity index (χ1n) is 6.14. The van der Waals surface area contributed by atoms with Crippen LogP contribution < -0.4 is 20.6 Å². The smallest absolute Gasteiger partial charge is 0.255 e. The number of aromatic nitrogens is 3. The molecule has 0 atom stereocenters. The van der Waals surface area contributed by atoms with Gasteiger partial charge in [-0.25, -0.2) is 4.68 Å². The van der Waals surface area contributed by atoms with Gasteiger partial charge in [-0.2, -0.15) is 5.10 Å². The molecule has 0 spiro atoms. The van der Waals surface area contributed by atoms with Crippen molar-refractivity contribution in [3.63, 3.8) is 0 Å². The topological polar surface area (TPSA) is 107 Å². The SMILES string of the molecule is COc1cc(CNn2cn[nH]c2=S)cc(Cl)c1OCC(N)=O. The number of hydrogen-bond acceptors (Lipinski definition) is 6. The molecule has 0 radical (unpaired) electrons. The molecule has 10 heteroatoms. The molecule has 1 aromatic carbocycles. The molecule has 1 aromatic heterocycles. The first-order valence-corrected chi connectivity index (χ1v) is 6.93. The summed E-state index contributed by atoms with van der Waals surface area (Å²) in [6, 6.07) is 3.43. The molecule has 1 amide bonds. The molecule has 2 rings (SSSR count). The second-order valence-electron chi connectivity index (χ2n) is 4.23. The highest BCUT2D eigenvalue weighted by atomic mass is 35.5. The molecule has 1 heterocycles. The molecule has 0 saturated carbocycles. The summed E-state index contributed by atoms with van der Waals surface area (Å²) < 4.78 is 12.5. The predicted molar refractivity (Wildman–Crippen MR) is 83.2 cm³/mol. The molecular weight excluding hydrogens is 330 g/mol. The van der Waals surface area contributed by atoms with Gasteiger partial charge in [-0.15, -0.1) is 0 Å². The third-order valence-electron chi connectivity index (χ3n) is 2.65. The summed E-state index contributed by atoms with van der Waals surface area (Å²) in [5.41, 5.74) is 8.93. The summed E-state index contributed by atoms with van der Waals surface area (Å²) in [6.07, 6.45) is 1.52. The van der Waals surface area contributed by atoms with Crippen molar-refractivity contribution >= 4 is 29.7 Å². The average molecular weight is 344 g/mol. The number of amides is 1. The third-order valence-corrected chi connectivity index (χ3v) is 3.22. The predicted octanol–water partition coefficient (Wildman–Crippen LogP) is 1.21. The molecule has 8 nitrogen and oxygen atoms in total. The van der Waals surface area contributed by atoms with Crippen LogP contribution in [0.1, 0.15) is 5.56 Å². The number of rotatable bonds is 7. The minimum Gasteiger partial charge on any atom is -0.493 e. The standard InChI is InChI=1S/C12H14ClN5O3S/c1-20-9-3-7(4-16-18-6-15-17-12(18)22)2-8(13)11(9)21-5-10(14)19/h2-3,6,16H,4-5H2,1H3,(H2,14,19)(H,17,22). The van der Waals surface area contributed by atoms with Crippen LogP contribution in [-0.4, -0.2) is 34.5 Å². The van der Waals surface area contributed by atoms with Gasteiger partial charge in [-0.1, -0.05) is 11.6 Å². The Hall–Kier alpha value is -2.26. The van der Waals surface area contributed by atoms with Crippen molar-refractivity contribution in [2.75, 3.05) is 19.1 Å². The largest absolute Gasteiger partial charge is 0.493 e. The number of hydrogen-bond donors (Lipinski definition) is 3. The maximum atomic E-state index is 10.8. The summed E-state index contributed by atoms with van der Waals surface area (Å²) in [7, 11) is 1.48. The van der Waals surface area contributed by atoms with Crippen molar-refractivity contribution in [2.24, 2.45) is 5.73 Å². The van der Waals surface area contributed by atoms with Crippen molar-refractivity contribution in [1.82, 2.24) is 14.9 Å². The van der Waals surface area contributed by atoms with E-state index >= 15 is 0 Å². The van der Waals surface area contributed by atoms with Crippen molar-refractivity contribution in [2.45, 2.75) is 6.54 Å². The normalized spacial score (nSPS) is 10.3. The molecule has 0 aliphatic heterocycles. The summed E-state index contributed by atoms with van der Waals surface area (Å²) in [6.45, 7) is 0.151. The molecule has 0 unspecified atom stereocenters. The Kier molecular flexibility index (Phi) is 5.23. The van der Waals surface area contributed by atoms with Gasteiger partial charge in [-0.05, 0) is 29.9 Å². The van der Waals surface area contributed by atoms with Gasteiger partial charge < -0.3 is 20.6 Å². The molecule has 0 bridgehead atoms. The molecule has 4 N–H and O–H groups in total. The minimum absolute atomic E-state index is 0.270. The Labute approximate surface area is 136 Å². The highest BCUT2D eigenvalue weighted by molar-refractivity contribution is 7.71. The van der Waals surface area contributed by atoms with Crippen molar-refractivity contribution in [3.05, 3.63) is 33.8 Å². The van der Waals surface area contributed by atoms with Gasteiger partial charge in [0.15, 0.2) is 18.1 Å². The Bertz CT molecular complexity index is 730. The van der Waals surface area contributed by atoms with Gasteiger partial charge in [0, 0.05) is 0 Å². The van der Waals surface area contributed by atoms with Gasteiger partial charge >= 0.3 is 0 Å². The van der Waals surface area contributed by atoms with E-state index in [0.717, 1.165) is 5.56 Å². The Morgan fingerprint density at radius 3 is 2.95 bits per heavy atom. The Balaban J connectivity index is 2.16. The van der Waals surface area contributed by atoms with Crippen LogP contribution in [0.4, 0.5) is 0 Å². The molecule has 0 saturated heterocycles. The first-order chi connectivity index (χ1) is 10.5. The number of benzene rings is 1. The van der Waals surface area contributed by atoms with E-state index in [1.54, 1.807) is 16.8 Å². The molecule has 0 fully saturated rings. The maximum Gasteiger partial charge on any atom is 0.255 e. The van der Waals surface area contributed by atoms with Crippen molar-refractivity contribution in [3.8, 4) is 11.5 Å². The number of ether oxygens (including phenoxy) is 2. The lowest BCUT2D eigenvalue weighted by molar-refractivity contribution is -0.119. The fraction of sp³-hybridized carbons (Fsp3) is 0.250. The number of nitrogens with zero attached hydrogens (tertiary/aromatic N) is 2. The van der Waals surface area contributed by atoms with Crippen LogP contribution in [0.25, 0.3) is 0 Å². The lowest BCUT2D eigenvalue weighted by Gasteiger charge is -2.14. The Morgan fingerprint density at radius 1 is 1.59 bits per heavy atom. The zero-order valence-corrected chi connectivity index (χ0v) is 13.2. The summed E-state index contributed by atoms with van der Waals surface area (Å²) >= 11 is 11.2. The number of halogens is 1. The minimum atomic E-state index is -0.599. The van der Waals surface area contributed by atoms with E-state index in [-0.39, 0.29) is 12.4 Å². The van der Waals surface area contributed by atoms with E-state index in [1.165, 1.54) is 13.4 Å². The lowest BCUT2D eigenvalue weighted by atomic mass is 10.2. The van der Waals surface area contributed by atoms with Crippen LogP contribution in [0.15, 0.2) is 18.5 Å². The zero-order chi connectivity index (χ0) is 16.1. The summed E-state index contributed by atoms with van der Waals surface area (Å²) in [4.78, 5) is 10.8. The van der Waals surface area contributed by atoms with E-state index in [0.29, 0.717) is 22.1 Å². The fourth-order valence-electron chi connectivity index (χ4n) is 1.70. The zero-order valence-electron chi connectivity index (χ0n) is 11.6. The maximum absolute atomic E-state index is 10.8. The van der Waals surface area contributed by atoms with Gasteiger partial charge in [0.2, 0.25) is 4.77 Å². The number of primary amides is 1. The highest BCUT2D eigenvalue weighted by Gasteiger charge is 2.13. The van der Waals surface area contributed by atoms with Crippen LogP contribution in [0, 0.1) is 4.77 Å². The molecule has 0 aliphatic carbocycles. The first kappa shape index (κ1) is 16.1. The Morgan fingerprint density at radius 2 is 2.36 bits per heavy atom. The van der Waals surface area contributed by atoms with Gasteiger partial charge in [0.05, 0.1) is 18.7 Å². The monoisotopic (exact) mass is 343 g/mol. The number of carbonyl (C=O) groups is 1. The van der Waals surface area contributed by atoms with Crippen LogP contribution in [0.5, 0.6) is 11.5 Å². The fourth-order valence-corrected chi connectivity index (χ4v) is 2.15. The second kappa shape index (κ2) is 7.14. The summed E-state index contributed by atoms with van der Waals surface area (Å²) in [5, 5.41) is 6.74. The quantitative estimate of drug-likeness (QED) is 0.652. The van der Waals surface area contributed by atoms with Crippen LogP contribution in [-0.2, 0) is 11.3 Å².